The molecule has 1 aromatic heterocycles. The number of fused-ring (bicyclic) bond motifs is 1. The molecule has 0 saturated heterocycles. The minimum atomic E-state index is -3.14. The van der Waals surface area contributed by atoms with E-state index < -0.39 is 11.0 Å². The molecule has 2 heterocycles. The SMILES string of the molecule is CNCCCN1c2ccccc2N(c2cnccc2C)S1(O)O.Cl. The molecule has 0 spiro atoms. The highest BCUT2D eigenvalue weighted by Crippen LogP contribution is 2.64. The van der Waals surface area contributed by atoms with Crippen LogP contribution in [0.1, 0.15) is 12.0 Å². The van der Waals surface area contributed by atoms with E-state index in [1.807, 2.05) is 44.3 Å². The van der Waals surface area contributed by atoms with E-state index in [2.05, 4.69) is 10.3 Å². The largest absolute Gasteiger partial charge is 0.320 e. The van der Waals surface area contributed by atoms with Crippen molar-refractivity contribution in [3.8, 4) is 0 Å². The molecule has 0 amide bonds. The maximum atomic E-state index is 11.0. The lowest BCUT2D eigenvalue weighted by Gasteiger charge is -2.44. The van der Waals surface area contributed by atoms with Gasteiger partial charge in [0.05, 0.1) is 23.3 Å². The minimum absolute atomic E-state index is 0. The Bertz CT molecular complexity index is 701. The van der Waals surface area contributed by atoms with Gasteiger partial charge in [-0.15, -0.1) is 12.4 Å². The minimum Gasteiger partial charge on any atom is -0.320 e. The van der Waals surface area contributed by atoms with Crippen molar-refractivity contribution in [2.24, 2.45) is 0 Å². The number of nitrogens with zero attached hydrogens (tertiary/aromatic N) is 3. The zero-order valence-corrected chi connectivity index (χ0v) is 15.3. The van der Waals surface area contributed by atoms with Gasteiger partial charge in [0.1, 0.15) is 0 Å². The molecule has 1 aliphatic rings. The highest BCUT2D eigenvalue weighted by Gasteiger charge is 2.41. The first-order valence-electron chi connectivity index (χ1n) is 7.58. The van der Waals surface area contributed by atoms with Crippen LogP contribution in [0, 0.1) is 6.92 Å². The van der Waals surface area contributed by atoms with Gasteiger partial charge in [-0.05, 0) is 61.7 Å². The fourth-order valence-corrected chi connectivity index (χ4v) is 4.64. The molecule has 0 aliphatic carbocycles. The molecule has 3 N–H and O–H groups in total. The monoisotopic (exact) mass is 370 g/mol. The molecule has 3 rings (SSSR count). The summed E-state index contributed by atoms with van der Waals surface area (Å²) >= 11 is 0. The zero-order valence-electron chi connectivity index (χ0n) is 13.7. The van der Waals surface area contributed by atoms with Crippen molar-refractivity contribution in [3.05, 3.63) is 48.3 Å². The molecule has 24 heavy (non-hydrogen) atoms. The molecule has 1 aliphatic heterocycles. The first kappa shape index (κ1) is 18.8. The molecule has 1 aromatic carbocycles. The third-order valence-corrected chi connectivity index (χ3v) is 5.78. The molecule has 0 atom stereocenters. The van der Waals surface area contributed by atoms with Gasteiger partial charge in [0.15, 0.2) is 0 Å². The van der Waals surface area contributed by atoms with E-state index in [4.69, 9.17) is 0 Å². The summed E-state index contributed by atoms with van der Waals surface area (Å²) in [5.41, 5.74) is 3.31. The fraction of sp³-hybridized carbons (Fsp3) is 0.312. The predicted molar refractivity (Wildman–Crippen MR) is 104 cm³/mol. The first-order chi connectivity index (χ1) is 11.1. The van der Waals surface area contributed by atoms with Crippen molar-refractivity contribution in [2.45, 2.75) is 13.3 Å². The molecule has 6 nitrogen and oxygen atoms in total. The summed E-state index contributed by atoms with van der Waals surface area (Å²) in [7, 11) is -1.25. The third kappa shape index (κ3) is 3.18. The van der Waals surface area contributed by atoms with Crippen molar-refractivity contribution in [2.75, 3.05) is 28.7 Å². The van der Waals surface area contributed by atoms with Crippen molar-refractivity contribution < 1.29 is 9.11 Å². The Morgan fingerprint density at radius 2 is 1.83 bits per heavy atom. The number of para-hydroxylation sites is 2. The summed E-state index contributed by atoms with van der Waals surface area (Å²) in [6, 6.07) is 9.53. The molecule has 0 saturated carbocycles. The first-order valence-corrected chi connectivity index (χ1v) is 9.04. The van der Waals surface area contributed by atoms with E-state index in [1.165, 1.54) is 0 Å². The highest BCUT2D eigenvalue weighted by atomic mass is 35.5. The average Bonchev–Trinajstić information content (AvgIpc) is 2.76. The number of aryl methyl sites for hydroxylation is 1. The number of hydrogen-bond donors (Lipinski definition) is 3. The van der Waals surface area contributed by atoms with Gasteiger partial charge >= 0.3 is 0 Å². The van der Waals surface area contributed by atoms with Crippen LogP contribution >= 0.6 is 23.4 Å². The van der Waals surface area contributed by atoms with Crippen LogP contribution in [0.3, 0.4) is 0 Å². The van der Waals surface area contributed by atoms with Gasteiger partial charge in [-0.25, -0.2) is 4.31 Å². The lowest BCUT2D eigenvalue weighted by molar-refractivity contribution is 0.483. The smallest absolute Gasteiger partial charge is 0.0896 e. The summed E-state index contributed by atoms with van der Waals surface area (Å²) in [6.07, 6.45) is 4.20. The Labute approximate surface area is 150 Å². The molecule has 0 bridgehead atoms. The summed E-state index contributed by atoms with van der Waals surface area (Å²) in [5, 5.41) is 3.09. The van der Waals surface area contributed by atoms with Gasteiger partial charge < -0.3 is 5.32 Å². The quantitative estimate of drug-likeness (QED) is 0.692. The van der Waals surface area contributed by atoms with Gasteiger partial charge in [-0.2, -0.15) is 0 Å². The van der Waals surface area contributed by atoms with Crippen LogP contribution in [0.2, 0.25) is 0 Å². The van der Waals surface area contributed by atoms with E-state index in [9.17, 15) is 9.11 Å². The number of pyridine rings is 1. The van der Waals surface area contributed by atoms with Crippen LogP contribution in [0.15, 0.2) is 42.7 Å². The summed E-state index contributed by atoms with van der Waals surface area (Å²) in [6.45, 7) is 3.33. The maximum absolute atomic E-state index is 11.0. The topological polar surface area (TPSA) is 71.9 Å². The molecule has 2 aromatic rings. The molecule has 0 unspecified atom stereocenters. The fourth-order valence-electron chi connectivity index (χ4n) is 2.78. The number of benzene rings is 1. The lowest BCUT2D eigenvalue weighted by atomic mass is 10.2. The van der Waals surface area contributed by atoms with E-state index >= 15 is 0 Å². The Morgan fingerprint density at radius 3 is 2.50 bits per heavy atom. The molecular formula is C16H23ClN4O2S. The Hall–Kier alpha value is -1.51. The van der Waals surface area contributed by atoms with Crippen molar-refractivity contribution in [3.63, 3.8) is 0 Å². The van der Waals surface area contributed by atoms with Crippen LogP contribution in [-0.4, -0.2) is 34.2 Å². The predicted octanol–water partition coefficient (Wildman–Crippen LogP) is 3.96. The van der Waals surface area contributed by atoms with Gasteiger partial charge in [-0.1, -0.05) is 12.1 Å². The van der Waals surface area contributed by atoms with Crippen LogP contribution in [0.4, 0.5) is 17.1 Å². The molecule has 8 heteroatoms. The number of aromatic nitrogens is 1. The van der Waals surface area contributed by atoms with Gasteiger partial charge in [0, 0.05) is 12.7 Å². The van der Waals surface area contributed by atoms with Crippen molar-refractivity contribution in [1.29, 1.82) is 0 Å². The van der Waals surface area contributed by atoms with E-state index in [0.717, 1.165) is 35.6 Å². The second kappa shape index (κ2) is 7.58. The van der Waals surface area contributed by atoms with Crippen LogP contribution < -0.4 is 13.9 Å². The second-order valence-corrected chi connectivity index (χ2v) is 7.28. The normalized spacial score (nSPS) is 16.5. The number of halogens is 1. The van der Waals surface area contributed by atoms with Crippen LogP contribution in [0.5, 0.6) is 0 Å². The highest BCUT2D eigenvalue weighted by molar-refractivity contribution is 8.27. The van der Waals surface area contributed by atoms with Crippen LogP contribution in [0.25, 0.3) is 0 Å². The van der Waals surface area contributed by atoms with E-state index in [0.29, 0.717) is 6.54 Å². The zero-order chi connectivity index (χ0) is 16.4. The Morgan fingerprint density at radius 1 is 1.12 bits per heavy atom. The number of hydrogen-bond acceptors (Lipinski definition) is 6. The van der Waals surface area contributed by atoms with E-state index in [-0.39, 0.29) is 12.4 Å². The molecule has 0 radical (unpaired) electrons. The third-order valence-electron chi connectivity index (χ3n) is 3.93. The van der Waals surface area contributed by atoms with Gasteiger partial charge in [0.25, 0.3) is 0 Å². The molecule has 132 valence electrons. The average molecular weight is 371 g/mol. The molecular weight excluding hydrogens is 348 g/mol. The van der Waals surface area contributed by atoms with Crippen molar-refractivity contribution in [1.82, 2.24) is 10.3 Å². The Balaban J connectivity index is 0.00000208. The number of anilines is 3. The summed E-state index contributed by atoms with van der Waals surface area (Å²) in [4.78, 5) is 4.15. The summed E-state index contributed by atoms with van der Waals surface area (Å²) < 4.78 is 25.2. The van der Waals surface area contributed by atoms with Gasteiger partial charge in [-0.3, -0.25) is 18.4 Å². The Kier molecular flexibility index (Phi) is 5.95. The second-order valence-electron chi connectivity index (χ2n) is 5.49. The number of rotatable bonds is 5. The van der Waals surface area contributed by atoms with Gasteiger partial charge in [0.2, 0.25) is 0 Å². The molecule has 0 fully saturated rings. The van der Waals surface area contributed by atoms with Crippen LogP contribution in [-0.2, 0) is 0 Å². The van der Waals surface area contributed by atoms with E-state index in [1.54, 1.807) is 21.0 Å². The van der Waals surface area contributed by atoms with Crippen molar-refractivity contribution >= 4 is 40.4 Å². The summed E-state index contributed by atoms with van der Waals surface area (Å²) in [5.74, 6) is 0. The number of nitrogens with one attached hydrogen (secondary N) is 1. The standard InChI is InChI=1S/C16H22N4O2S.ClH/c1-13-8-10-18-12-16(13)20-15-7-4-3-6-14(15)19(23(20,21)22)11-5-9-17-2;/h3-4,6-8,10,12,17,21-22H,5,9,11H2,1-2H3;1H. The maximum Gasteiger partial charge on any atom is 0.0896 e. The lowest BCUT2D eigenvalue weighted by Crippen LogP contribution is -2.33.